The Morgan fingerprint density at radius 1 is 0.500 bits per heavy atom. The molecule has 0 radical (unpaired) electrons. The molecule has 2 N–H and O–H groups in total. The Bertz CT molecular complexity index is 1320. The van der Waals surface area contributed by atoms with Crippen molar-refractivity contribution in [3.8, 4) is 11.1 Å². The number of benzene rings is 3. The predicted molar refractivity (Wildman–Crippen MR) is 108 cm³/mol. The van der Waals surface area contributed by atoms with Crippen molar-refractivity contribution in [2.75, 3.05) is 0 Å². The molecule has 122 valence electrons. The molecule has 3 aromatic heterocycles. The number of hydrogen-bond donors (Lipinski definition) is 2. The maximum absolute atomic E-state index is 4.51. The van der Waals surface area contributed by atoms with Gasteiger partial charge in [-0.1, -0.05) is 48.5 Å². The monoisotopic (exact) mass is 333 g/mol. The summed E-state index contributed by atoms with van der Waals surface area (Å²) in [5.41, 5.74) is 6.90. The Labute approximate surface area is 149 Å². The van der Waals surface area contributed by atoms with E-state index in [0.717, 1.165) is 27.6 Å². The Kier molecular flexibility index (Phi) is 2.61. The Morgan fingerprint density at radius 2 is 1.12 bits per heavy atom. The molecule has 0 aliphatic rings. The first-order chi connectivity index (χ1) is 12.9. The lowest BCUT2D eigenvalue weighted by Crippen LogP contribution is -1.84. The Hall–Kier alpha value is -3.59. The minimum absolute atomic E-state index is 1.07. The van der Waals surface area contributed by atoms with Crippen molar-refractivity contribution in [1.82, 2.24) is 15.0 Å². The smallest absolute Gasteiger partial charge is 0.0657 e. The zero-order valence-corrected chi connectivity index (χ0v) is 14.0. The molecule has 0 spiro atoms. The summed E-state index contributed by atoms with van der Waals surface area (Å²) in [6.07, 6.45) is 3.90. The molecule has 26 heavy (non-hydrogen) atoms. The molecule has 6 rings (SSSR count). The first-order valence-electron chi connectivity index (χ1n) is 8.74. The summed E-state index contributed by atoms with van der Waals surface area (Å²) in [4.78, 5) is 11.6. The highest BCUT2D eigenvalue weighted by Crippen LogP contribution is 2.39. The lowest BCUT2D eigenvalue weighted by atomic mass is 9.97. The molecule has 3 heteroatoms. The quantitative estimate of drug-likeness (QED) is 0.380. The summed E-state index contributed by atoms with van der Waals surface area (Å²) in [5.74, 6) is 0. The number of nitrogens with zero attached hydrogens (tertiary/aromatic N) is 1. The first-order valence-corrected chi connectivity index (χ1v) is 8.74. The molecule has 0 saturated carbocycles. The normalized spacial score (nSPS) is 11.8. The third-order valence-electron chi connectivity index (χ3n) is 5.23. The van der Waals surface area contributed by atoms with Gasteiger partial charge in [-0.2, -0.15) is 0 Å². The van der Waals surface area contributed by atoms with E-state index in [0.29, 0.717) is 0 Å². The van der Waals surface area contributed by atoms with E-state index in [1.807, 2.05) is 12.4 Å². The number of aromatic amines is 2. The molecule has 0 unspecified atom stereocenters. The lowest BCUT2D eigenvalue weighted by molar-refractivity contribution is 1.35. The molecule has 0 atom stereocenters. The summed E-state index contributed by atoms with van der Waals surface area (Å²) in [6.45, 7) is 0. The van der Waals surface area contributed by atoms with E-state index in [9.17, 15) is 0 Å². The zero-order chi connectivity index (χ0) is 17.1. The summed E-state index contributed by atoms with van der Waals surface area (Å²) in [5, 5.41) is 4.96. The maximum Gasteiger partial charge on any atom is 0.0657 e. The van der Waals surface area contributed by atoms with Crippen LogP contribution in [0.3, 0.4) is 0 Å². The fourth-order valence-corrected chi connectivity index (χ4v) is 4.13. The van der Waals surface area contributed by atoms with Crippen molar-refractivity contribution < 1.29 is 0 Å². The second kappa shape index (κ2) is 4.96. The fraction of sp³-hybridized carbons (Fsp3) is 0. The van der Waals surface area contributed by atoms with Crippen LogP contribution in [-0.4, -0.2) is 15.0 Å². The molecule has 3 nitrogen and oxygen atoms in total. The number of fused-ring (bicyclic) bond motifs is 6. The average Bonchev–Trinajstić information content (AvgIpc) is 3.26. The highest BCUT2D eigenvalue weighted by molar-refractivity contribution is 6.20. The second-order valence-corrected chi connectivity index (χ2v) is 6.68. The number of para-hydroxylation sites is 2. The first kappa shape index (κ1) is 13.7. The summed E-state index contributed by atoms with van der Waals surface area (Å²) < 4.78 is 0. The van der Waals surface area contributed by atoms with Crippen LogP contribution in [0.5, 0.6) is 0 Å². The van der Waals surface area contributed by atoms with Crippen LogP contribution >= 0.6 is 0 Å². The molecule has 0 aliphatic carbocycles. The highest BCUT2D eigenvalue weighted by Gasteiger charge is 2.15. The van der Waals surface area contributed by atoms with Crippen molar-refractivity contribution in [1.29, 1.82) is 0 Å². The van der Waals surface area contributed by atoms with Gasteiger partial charge in [0.15, 0.2) is 0 Å². The van der Waals surface area contributed by atoms with Crippen molar-refractivity contribution in [3.05, 3.63) is 79.1 Å². The van der Waals surface area contributed by atoms with Crippen LogP contribution in [0.1, 0.15) is 0 Å². The van der Waals surface area contributed by atoms with E-state index in [2.05, 4.69) is 81.7 Å². The maximum atomic E-state index is 4.51. The standard InChI is InChI=1S/C23H15N3/c1-3-9-18-15(6-1)22-14(8-5-11-20(22)25-18)17-12-24-13-21-23(17)16-7-2-4-10-19(16)26-21/h1-13,25-26H. The van der Waals surface area contributed by atoms with Crippen molar-refractivity contribution in [3.63, 3.8) is 0 Å². The number of H-pyrrole nitrogens is 2. The number of aromatic nitrogens is 3. The number of hydrogen-bond acceptors (Lipinski definition) is 1. The third-order valence-corrected chi connectivity index (χ3v) is 5.23. The third kappa shape index (κ3) is 1.74. The topological polar surface area (TPSA) is 44.5 Å². The van der Waals surface area contributed by atoms with Crippen LogP contribution in [0.25, 0.3) is 54.7 Å². The van der Waals surface area contributed by atoms with Crippen LogP contribution in [0.4, 0.5) is 0 Å². The predicted octanol–water partition coefficient (Wildman–Crippen LogP) is 6.02. The molecule has 6 aromatic rings. The molecule has 3 heterocycles. The molecule has 0 amide bonds. The van der Waals surface area contributed by atoms with Gasteiger partial charge < -0.3 is 9.97 Å². The number of nitrogens with one attached hydrogen (secondary N) is 2. The van der Waals surface area contributed by atoms with Crippen LogP contribution in [-0.2, 0) is 0 Å². The minimum Gasteiger partial charge on any atom is -0.354 e. The van der Waals surface area contributed by atoms with Gasteiger partial charge in [-0.3, -0.25) is 4.98 Å². The molecule has 0 bridgehead atoms. The fourth-order valence-electron chi connectivity index (χ4n) is 4.13. The van der Waals surface area contributed by atoms with Crippen molar-refractivity contribution >= 4 is 43.6 Å². The van der Waals surface area contributed by atoms with Crippen LogP contribution in [0.2, 0.25) is 0 Å². The number of pyridine rings is 1. The minimum atomic E-state index is 1.07. The van der Waals surface area contributed by atoms with E-state index in [4.69, 9.17) is 0 Å². The molecular weight excluding hydrogens is 318 g/mol. The van der Waals surface area contributed by atoms with Gasteiger partial charge in [-0.15, -0.1) is 0 Å². The van der Waals surface area contributed by atoms with E-state index in [1.165, 1.54) is 27.1 Å². The van der Waals surface area contributed by atoms with Crippen molar-refractivity contribution in [2.24, 2.45) is 0 Å². The largest absolute Gasteiger partial charge is 0.354 e. The molecule has 0 fully saturated rings. The van der Waals surface area contributed by atoms with Gasteiger partial charge in [0.05, 0.1) is 11.7 Å². The van der Waals surface area contributed by atoms with Gasteiger partial charge in [0.25, 0.3) is 0 Å². The van der Waals surface area contributed by atoms with E-state index >= 15 is 0 Å². The van der Waals surface area contributed by atoms with E-state index in [-0.39, 0.29) is 0 Å². The van der Waals surface area contributed by atoms with Gasteiger partial charge in [-0.05, 0) is 23.8 Å². The second-order valence-electron chi connectivity index (χ2n) is 6.68. The molecular formula is C23H15N3. The molecule has 0 saturated heterocycles. The Morgan fingerprint density at radius 3 is 1.88 bits per heavy atom. The van der Waals surface area contributed by atoms with Crippen molar-refractivity contribution in [2.45, 2.75) is 0 Å². The lowest BCUT2D eigenvalue weighted by Gasteiger charge is -2.06. The number of rotatable bonds is 1. The van der Waals surface area contributed by atoms with Crippen LogP contribution in [0, 0.1) is 0 Å². The van der Waals surface area contributed by atoms with Gasteiger partial charge >= 0.3 is 0 Å². The van der Waals surface area contributed by atoms with Gasteiger partial charge in [0, 0.05) is 49.9 Å². The van der Waals surface area contributed by atoms with E-state index < -0.39 is 0 Å². The van der Waals surface area contributed by atoms with Crippen LogP contribution in [0.15, 0.2) is 79.1 Å². The SMILES string of the molecule is c1ccc2c(c1)[nH]c1cccc(-c3cncc4[nH]c5ccccc5c34)c12. The Balaban J connectivity index is 1.82. The van der Waals surface area contributed by atoms with Gasteiger partial charge in [0.1, 0.15) is 0 Å². The van der Waals surface area contributed by atoms with E-state index in [1.54, 1.807) is 0 Å². The summed E-state index contributed by atoms with van der Waals surface area (Å²) >= 11 is 0. The van der Waals surface area contributed by atoms with Gasteiger partial charge in [-0.25, -0.2) is 0 Å². The zero-order valence-electron chi connectivity index (χ0n) is 14.0. The molecule has 0 aliphatic heterocycles. The molecule has 3 aromatic carbocycles. The summed E-state index contributed by atoms with van der Waals surface area (Å²) in [7, 11) is 0. The van der Waals surface area contributed by atoms with Crippen LogP contribution < -0.4 is 0 Å². The van der Waals surface area contributed by atoms with Gasteiger partial charge in [0.2, 0.25) is 0 Å². The highest BCUT2D eigenvalue weighted by atomic mass is 14.7. The summed E-state index contributed by atoms with van der Waals surface area (Å²) in [6, 6.07) is 23.4. The average molecular weight is 333 g/mol.